The first-order valence-electron chi connectivity index (χ1n) is 10.3. The van der Waals surface area contributed by atoms with Crippen molar-refractivity contribution >= 4 is 0 Å². The fraction of sp³-hybridized carbons (Fsp3) is 0.520. The van der Waals surface area contributed by atoms with Crippen LogP contribution in [-0.2, 0) is 0 Å². The molecular formula is C25H38O3. The Kier molecular flexibility index (Phi) is 9.92. The fourth-order valence-electron chi connectivity index (χ4n) is 3.31. The summed E-state index contributed by atoms with van der Waals surface area (Å²) >= 11 is 0. The van der Waals surface area contributed by atoms with Gasteiger partial charge in [-0.15, -0.1) is 0 Å². The number of benzene rings is 2. The second-order valence-corrected chi connectivity index (χ2v) is 8.55. The Morgan fingerprint density at radius 1 is 0.714 bits per heavy atom. The molecule has 28 heavy (non-hydrogen) atoms. The van der Waals surface area contributed by atoms with E-state index in [1.165, 1.54) is 37.8 Å². The average molecular weight is 387 g/mol. The second-order valence-electron chi connectivity index (χ2n) is 8.55. The Hall–Kier alpha value is -2.16. The molecule has 0 spiro atoms. The molecule has 3 heteroatoms. The lowest BCUT2D eigenvalue weighted by Crippen LogP contribution is -2.16. The quantitative estimate of drug-likeness (QED) is 0.468. The van der Waals surface area contributed by atoms with E-state index in [1.807, 2.05) is 32.9 Å². The third-order valence-electron chi connectivity index (χ3n) is 5.50. The van der Waals surface area contributed by atoms with E-state index in [9.17, 15) is 0 Å². The third kappa shape index (κ3) is 8.69. The van der Waals surface area contributed by atoms with Crippen molar-refractivity contribution in [1.29, 1.82) is 0 Å². The SMILES string of the molecule is CC1CCC(C(C)C)CC1.Cc1ccc(C)c(O)c1.Cc1ccc(O)c(O)c1. The van der Waals surface area contributed by atoms with Crippen molar-refractivity contribution in [2.75, 3.05) is 0 Å². The molecule has 3 rings (SSSR count). The van der Waals surface area contributed by atoms with Gasteiger partial charge >= 0.3 is 0 Å². The van der Waals surface area contributed by atoms with Gasteiger partial charge in [0.1, 0.15) is 5.75 Å². The van der Waals surface area contributed by atoms with Crippen LogP contribution < -0.4 is 0 Å². The summed E-state index contributed by atoms with van der Waals surface area (Å²) < 4.78 is 0. The molecule has 2 aromatic carbocycles. The van der Waals surface area contributed by atoms with Crippen molar-refractivity contribution in [3.63, 3.8) is 0 Å². The van der Waals surface area contributed by atoms with Crippen LogP contribution in [0, 0.1) is 38.5 Å². The van der Waals surface area contributed by atoms with Crippen LogP contribution in [0.4, 0.5) is 0 Å². The Morgan fingerprint density at radius 3 is 1.61 bits per heavy atom. The Balaban J connectivity index is 0.000000210. The van der Waals surface area contributed by atoms with Gasteiger partial charge in [0.25, 0.3) is 0 Å². The lowest BCUT2D eigenvalue weighted by molar-refractivity contribution is 0.234. The van der Waals surface area contributed by atoms with Crippen molar-refractivity contribution in [3.05, 3.63) is 53.1 Å². The zero-order chi connectivity index (χ0) is 21.3. The summed E-state index contributed by atoms with van der Waals surface area (Å²) in [6.45, 7) is 12.8. The lowest BCUT2D eigenvalue weighted by Gasteiger charge is -2.28. The highest BCUT2D eigenvalue weighted by atomic mass is 16.3. The first-order chi connectivity index (χ1) is 13.1. The normalized spacial score (nSPS) is 18.5. The first kappa shape index (κ1) is 23.9. The maximum Gasteiger partial charge on any atom is 0.157 e. The summed E-state index contributed by atoms with van der Waals surface area (Å²) in [5.41, 5.74) is 2.96. The summed E-state index contributed by atoms with van der Waals surface area (Å²) in [5, 5.41) is 26.7. The number of hydrogen-bond acceptors (Lipinski definition) is 3. The smallest absolute Gasteiger partial charge is 0.157 e. The van der Waals surface area contributed by atoms with E-state index in [2.05, 4.69) is 20.8 Å². The molecule has 1 aliphatic carbocycles. The molecule has 2 aromatic rings. The largest absolute Gasteiger partial charge is 0.508 e. The standard InChI is InChI=1S/C10H20.C8H10O.C7H8O2/c1-8(2)10-6-4-9(3)5-7-10;1-6-3-4-7(2)8(9)5-6;1-5-2-3-6(8)7(9)4-5/h8-10H,4-7H2,1-3H3;3-5,9H,1-2H3;2-4,8-9H,1H3. The van der Waals surface area contributed by atoms with E-state index < -0.39 is 0 Å². The van der Waals surface area contributed by atoms with Gasteiger partial charge in [-0.3, -0.25) is 0 Å². The number of phenols is 3. The number of hydrogen-bond donors (Lipinski definition) is 3. The summed E-state index contributed by atoms with van der Waals surface area (Å²) in [6, 6.07) is 10.4. The topological polar surface area (TPSA) is 60.7 Å². The minimum atomic E-state index is -0.0689. The second kappa shape index (κ2) is 11.6. The van der Waals surface area contributed by atoms with Gasteiger partial charge in [-0.2, -0.15) is 0 Å². The van der Waals surface area contributed by atoms with Crippen LogP contribution in [0.2, 0.25) is 0 Å². The highest BCUT2D eigenvalue weighted by Crippen LogP contribution is 2.32. The monoisotopic (exact) mass is 386 g/mol. The van der Waals surface area contributed by atoms with Crippen LogP contribution in [0.3, 0.4) is 0 Å². The molecule has 156 valence electrons. The molecule has 1 aliphatic rings. The van der Waals surface area contributed by atoms with Gasteiger partial charge in [0.2, 0.25) is 0 Å². The van der Waals surface area contributed by atoms with Gasteiger partial charge in [-0.1, -0.05) is 51.8 Å². The minimum Gasteiger partial charge on any atom is -0.508 e. The van der Waals surface area contributed by atoms with Crippen molar-refractivity contribution in [2.24, 2.45) is 17.8 Å². The zero-order valence-corrected chi connectivity index (χ0v) is 18.4. The number of rotatable bonds is 1. The summed E-state index contributed by atoms with van der Waals surface area (Å²) in [6.07, 6.45) is 5.92. The van der Waals surface area contributed by atoms with Crippen molar-refractivity contribution in [1.82, 2.24) is 0 Å². The molecule has 0 radical (unpaired) electrons. The molecule has 0 aliphatic heterocycles. The van der Waals surface area contributed by atoms with Crippen LogP contribution in [0.15, 0.2) is 36.4 Å². The predicted molar refractivity (Wildman–Crippen MR) is 118 cm³/mol. The maximum absolute atomic E-state index is 9.10. The highest BCUT2D eigenvalue weighted by Gasteiger charge is 2.20. The van der Waals surface area contributed by atoms with E-state index in [4.69, 9.17) is 15.3 Å². The van der Waals surface area contributed by atoms with E-state index in [-0.39, 0.29) is 11.5 Å². The van der Waals surface area contributed by atoms with Crippen LogP contribution in [0.25, 0.3) is 0 Å². The fourth-order valence-corrected chi connectivity index (χ4v) is 3.31. The van der Waals surface area contributed by atoms with Gasteiger partial charge in [0, 0.05) is 0 Å². The molecule has 1 fully saturated rings. The van der Waals surface area contributed by atoms with Gasteiger partial charge in [0.15, 0.2) is 11.5 Å². The Bertz CT molecular complexity index is 664. The van der Waals surface area contributed by atoms with Crippen LogP contribution in [0.1, 0.15) is 63.1 Å². The summed E-state index contributed by atoms with van der Waals surface area (Å²) in [4.78, 5) is 0. The van der Waals surface area contributed by atoms with Gasteiger partial charge in [0.05, 0.1) is 0 Å². The Morgan fingerprint density at radius 2 is 1.21 bits per heavy atom. The van der Waals surface area contributed by atoms with Crippen molar-refractivity contribution in [2.45, 2.75) is 67.2 Å². The molecule has 3 nitrogen and oxygen atoms in total. The Labute approximate surface area is 171 Å². The summed E-state index contributed by atoms with van der Waals surface area (Å²) in [5.74, 6) is 3.23. The molecule has 0 heterocycles. The molecular weight excluding hydrogens is 348 g/mol. The molecule has 0 bridgehead atoms. The molecule has 3 N–H and O–H groups in total. The maximum atomic E-state index is 9.10. The first-order valence-corrected chi connectivity index (χ1v) is 10.3. The zero-order valence-electron chi connectivity index (χ0n) is 18.4. The minimum absolute atomic E-state index is 0.0602. The van der Waals surface area contributed by atoms with Gasteiger partial charge in [-0.05, 0) is 86.3 Å². The molecule has 0 unspecified atom stereocenters. The van der Waals surface area contributed by atoms with Crippen LogP contribution >= 0.6 is 0 Å². The van der Waals surface area contributed by atoms with Crippen LogP contribution in [-0.4, -0.2) is 15.3 Å². The molecule has 0 aromatic heterocycles. The number of aromatic hydroxyl groups is 3. The molecule has 0 atom stereocenters. The molecule has 1 saturated carbocycles. The van der Waals surface area contributed by atoms with E-state index >= 15 is 0 Å². The van der Waals surface area contributed by atoms with E-state index in [0.29, 0.717) is 5.75 Å². The number of aryl methyl sites for hydroxylation is 3. The lowest BCUT2D eigenvalue weighted by atomic mass is 9.78. The van der Waals surface area contributed by atoms with E-state index in [0.717, 1.165) is 34.4 Å². The predicted octanol–water partition coefficient (Wildman–Crippen LogP) is 6.88. The summed E-state index contributed by atoms with van der Waals surface area (Å²) in [7, 11) is 0. The van der Waals surface area contributed by atoms with Gasteiger partial charge < -0.3 is 15.3 Å². The average Bonchev–Trinajstić information content (AvgIpc) is 2.63. The van der Waals surface area contributed by atoms with Crippen molar-refractivity contribution < 1.29 is 15.3 Å². The van der Waals surface area contributed by atoms with E-state index in [1.54, 1.807) is 12.1 Å². The van der Waals surface area contributed by atoms with Gasteiger partial charge in [-0.25, -0.2) is 0 Å². The van der Waals surface area contributed by atoms with Crippen molar-refractivity contribution in [3.8, 4) is 17.2 Å². The number of phenolic OH excluding ortho intramolecular Hbond substituents is 3. The molecule has 0 saturated heterocycles. The highest BCUT2D eigenvalue weighted by molar-refractivity contribution is 5.39. The molecule has 0 amide bonds. The van der Waals surface area contributed by atoms with Crippen LogP contribution in [0.5, 0.6) is 17.2 Å². The third-order valence-corrected chi connectivity index (χ3v) is 5.50.